The molecule has 162 valence electrons. The number of rotatable bonds is 4. The van der Waals surface area contributed by atoms with Gasteiger partial charge in [-0.05, 0) is 24.6 Å². The highest BCUT2D eigenvalue weighted by Crippen LogP contribution is 2.28. The number of aryl methyl sites for hydroxylation is 1. The third-order valence-corrected chi connectivity index (χ3v) is 5.76. The van der Waals surface area contributed by atoms with E-state index in [1.807, 2.05) is 60.4 Å². The Hall–Kier alpha value is -3.72. The molecule has 1 saturated heterocycles. The lowest BCUT2D eigenvalue weighted by atomic mass is 9.95. The Kier molecular flexibility index (Phi) is 6.18. The highest BCUT2D eigenvalue weighted by atomic mass is 16.2. The van der Waals surface area contributed by atoms with Crippen molar-refractivity contribution in [3.8, 4) is 17.2 Å². The molecule has 1 aromatic heterocycles. The van der Waals surface area contributed by atoms with Crippen LogP contribution in [0, 0.1) is 18.3 Å². The lowest BCUT2D eigenvalue weighted by molar-refractivity contribution is 0.0747. The van der Waals surface area contributed by atoms with E-state index in [2.05, 4.69) is 29.8 Å². The molecule has 3 aromatic rings. The molecule has 0 bridgehead atoms. The van der Waals surface area contributed by atoms with Crippen LogP contribution in [0.1, 0.15) is 47.2 Å². The molecule has 0 radical (unpaired) electrons. The van der Waals surface area contributed by atoms with E-state index >= 15 is 0 Å². The Morgan fingerprint density at radius 3 is 2.31 bits per heavy atom. The van der Waals surface area contributed by atoms with E-state index in [9.17, 15) is 10.1 Å². The quantitative estimate of drug-likeness (QED) is 0.619. The largest absolute Gasteiger partial charge is 0.353 e. The van der Waals surface area contributed by atoms with E-state index in [4.69, 9.17) is 4.98 Å². The Balaban J connectivity index is 1.54. The van der Waals surface area contributed by atoms with Crippen molar-refractivity contribution in [2.75, 3.05) is 31.1 Å². The maximum Gasteiger partial charge on any atom is 0.254 e. The van der Waals surface area contributed by atoms with E-state index in [1.54, 1.807) is 6.07 Å². The first-order valence-corrected chi connectivity index (χ1v) is 11.0. The monoisotopic (exact) mass is 425 g/mol. The number of carbonyl (C=O) groups excluding carboxylic acids is 1. The van der Waals surface area contributed by atoms with Crippen molar-refractivity contribution in [2.24, 2.45) is 0 Å². The number of piperazine rings is 1. The van der Waals surface area contributed by atoms with Gasteiger partial charge in [-0.15, -0.1) is 0 Å². The number of hydrogen-bond donors (Lipinski definition) is 0. The summed E-state index contributed by atoms with van der Waals surface area (Å²) < 4.78 is 0. The lowest BCUT2D eigenvalue weighted by Crippen LogP contribution is -2.49. The number of nitrogens with zero attached hydrogens (tertiary/aromatic N) is 5. The van der Waals surface area contributed by atoms with Crippen LogP contribution in [0.4, 0.5) is 5.82 Å². The second-order valence-electron chi connectivity index (χ2n) is 8.36. The van der Waals surface area contributed by atoms with Gasteiger partial charge in [0.25, 0.3) is 5.91 Å². The molecule has 4 rings (SSSR count). The minimum absolute atomic E-state index is 0.00488. The number of anilines is 1. The molecule has 6 heteroatoms. The minimum Gasteiger partial charge on any atom is -0.353 e. The second-order valence-corrected chi connectivity index (χ2v) is 8.36. The summed E-state index contributed by atoms with van der Waals surface area (Å²) in [6, 6.07) is 19.2. The Labute approximate surface area is 189 Å². The van der Waals surface area contributed by atoms with Crippen LogP contribution in [0.2, 0.25) is 0 Å². The zero-order valence-electron chi connectivity index (χ0n) is 18.7. The smallest absolute Gasteiger partial charge is 0.254 e. The fraction of sp³-hybridized carbons (Fsp3) is 0.308. The number of hydrogen-bond acceptors (Lipinski definition) is 5. The molecule has 2 heterocycles. The summed E-state index contributed by atoms with van der Waals surface area (Å²) in [6.45, 7) is 8.86. The average Bonchev–Trinajstić information content (AvgIpc) is 2.83. The molecule has 0 spiro atoms. The van der Waals surface area contributed by atoms with Gasteiger partial charge in [0.05, 0.1) is 11.6 Å². The van der Waals surface area contributed by atoms with Crippen molar-refractivity contribution >= 4 is 11.7 Å². The molecule has 6 nitrogen and oxygen atoms in total. The van der Waals surface area contributed by atoms with Gasteiger partial charge in [-0.3, -0.25) is 4.79 Å². The molecule has 32 heavy (non-hydrogen) atoms. The SMILES string of the molecule is Cc1cc(N2CCN(C(=O)c3ccccc3-c3ccccc3C#N)CC2)nc(C(C)C)n1. The lowest BCUT2D eigenvalue weighted by Gasteiger charge is -2.36. The molecular formula is C26H27N5O. The first-order chi connectivity index (χ1) is 15.5. The maximum absolute atomic E-state index is 13.4. The van der Waals surface area contributed by atoms with Gasteiger partial charge in [-0.25, -0.2) is 9.97 Å². The van der Waals surface area contributed by atoms with Crippen LogP contribution in [-0.4, -0.2) is 47.0 Å². The van der Waals surface area contributed by atoms with Crippen LogP contribution >= 0.6 is 0 Å². The van der Waals surface area contributed by atoms with Gasteiger partial charge >= 0.3 is 0 Å². The zero-order valence-corrected chi connectivity index (χ0v) is 18.7. The van der Waals surface area contributed by atoms with Crippen LogP contribution in [0.5, 0.6) is 0 Å². The fourth-order valence-electron chi connectivity index (χ4n) is 4.02. The van der Waals surface area contributed by atoms with Crippen molar-refractivity contribution in [2.45, 2.75) is 26.7 Å². The molecule has 1 fully saturated rings. The van der Waals surface area contributed by atoms with Crippen LogP contribution in [0.25, 0.3) is 11.1 Å². The number of amides is 1. The summed E-state index contributed by atoms with van der Waals surface area (Å²) in [4.78, 5) is 26.8. The molecular weight excluding hydrogens is 398 g/mol. The summed E-state index contributed by atoms with van der Waals surface area (Å²) in [5, 5.41) is 9.51. The highest BCUT2D eigenvalue weighted by Gasteiger charge is 2.25. The van der Waals surface area contributed by atoms with Crippen molar-refractivity contribution < 1.29 is 4.79 Å². The Morgan fingerprint density at radius 1 is 0.969 bits per heavy atom. The highest BCUT2D eigenvalue weighted by molar-refractivity contribution is 6.01. The maximum atomic E-state index is 13.4. The van der Waals surface area contributed by atoms with Crippen molar-refractivity contribution in [1.29, 1.82) is 5.26 Å². The van der Waals surface area contributed by atoms with Gasteiger partial charge in [0.15, 0.2) is 0 Å². The molecule has 1 amide bonds. The molecule has 2 aromatic carbocycles. The van der Waals surface area contributed by atoms with Gasteiger partial charge in [-0.1, -0.05) is 50.2 Å². The van der Waals surface area contributed by atoms with Crippen molar-refractivity contribution in [3.63, 3.8) is 0 Å². The van der Waals surface area contributed by atoms with Gasteiger partial charge in [-0.2, -0.15) is 5.26 Å². The predicted molar refractivity (Wildman–Crippen MR) is 126 cm³/mol. The van der Waals surface area contributed by atoms with E-state index in [-0.39, 0.29) is 11.8 Å². The normalized spacial score (nSPS) is 13.8. The van der Waals surface area contributed by atoms with Gasteiger partial charge in [0, 0.05) is 55.0 Å². The molecule has 0 atom stereocenters. The van der Waals surface area contributed by atoms with Crippen LogP contribution in [-0.2, 0) is 0 Å². The molecule has 1 aliphatic heterocycles. The summed E-state index contributed by atoms with van der Waals surface area (Å²) >= 11 is 0. The minimum atomic E-state index is -0.00488. The second kappa shape index (κ2) is 9.19. The van der Waals surface area contributed by atoms with Gasteiger partial charge < -0.3 is 9.80 Å². The number of aromatic nitrogens is 2. The van der Waals surface area contributed by atoms with Crippen molar-refractivity contribution in [3.05, 3.63) is 77.2 Å². The predicted octanol–water partition coefficient (Wildman–Crippen LogP) is 4.41. The Morgan fingerprint density at radius 2 is 1.62 bits per heavy atom. The van der Waals surface area contributed by atoms with E-state index in [0.29, 0.717) is 24.2 Å². The fourth-order valence-corrected chi connectivity index (χ4v) is 4.02. The van der Waals surface area contributed by atoms with Crippen LogP contribution in [0.3, 0.4) is 0 Å². The summed E-state index contributed by atoms with van der Waals surface area (Å²) in [5.74, 6) is 2.04. The zero-order chi connectivity index (χ0) is 22.7. The summed E-state index contributed by atoms with van der Waals surface area (Å²) in [6.07, 6.45) is 0. The number of carbonyl (C=O) groups is 1. The topological polar surface area (TPSA) is 73.1 Å². The van der Waals surface area contributed by atoms with Crippen molar-refractivity contribution in [1.82, 2.24) is 14.9 Å². The third kappa shape index (κ3) is 4.33. The van der Waals surface area contributed by atoms with Gasteiger partial charge in [0.2, 0.25) is 0 Å². The van der Waals surface area contributed by atoms with E-state index < -0.39 is 0 Å². The van der Waals surface area contributed by atoms with Crippen LogP contribution < -0.4 is 4.90 Å². The van der Waals surface area contributed by atoms with Crippen LogP contribution in [0.15, 0.2) is 54.6 Å². The average molecular weight is 426 g/mol. The third-order valence-electron chi connectivity index (χ3n) is 5.76. The molecule has 0 saturated carbocycles. The summed E-state index contributed by atoms with van der Waals surface area (Å²) in [5.41, 5.74) is 3.74. The standard InChI is InChI=1S/C26H27N5O/c1-18(2)25-28-19(3)16-24(29-25)30-12-14-31(15-13-30)26(32)23-11-7-6-10-22(23)21-9-5-4-8-20(21)17-27/h4-11,16,18H,12-15H2,1-3H3. The number of nitriles is 1. The molecule has 0 aliphatic carbocycles. The molecule has 0 unspecified atom stereocenters. The number of benzene rings is 2. The first kappa shape index (κ1) is 21.5. The van der Waals surface area contributed by atoms with E-state index in [0.717, 1.165) is 41.6 Å². The van der Waals surface area contributed by atoms with E-state index in [1.165, 1.54) is 0 Å². The van der Waals surface area contributed by atoms with Gasteiger partial charge in [0.1, 0.15) is 11.6 Å². The molecule has 0 N–H and O–H groups in total. The first-order valence-electron chi connectivity index (χ1n) is 11.0. The molecule has 1 aliphatic rings. The summed E-state index contributed by atoms with van der Waals surface area (Å²) in [7, 11) is 0. The Bertz CT molecular complexity index is 1170.